The standard InChI is InChI=1S/C15H21ClO2/c1-4-8-18-15-10-12(3)11(2)9-13(15)14(17)6-5-7-16/h9-10H,4-8H2,1-3H3. The monoisotopic (exact) mass is 268 g/mol. The predicted octanol–water partition coefficient (Wildman–Crippen LogP) is 4.29. The molecule has 0 saturated heterocycles. The molecule has 2 nitrogen and oxygen atoms in total. The molecule has 1 aromatic rings. The number of carbonyl (C=O) groups is 1. The van der Waals surface area contributed by atoms with Crippen LogP contribution >= 0.6 is 11.6 Å². The Hall–Kier alpha value is -1.02. The quantitative estimate of drug-likeness (QED) is 0.545. The molecule has 1 rings (SSSR count). The molecule has 0 atom stereocenters. The molecule has 0 aromatic heterocycles. The Kier molecular flexibility index (Phi) is 6.20. The number of hydrogen-bond acceptors (Lipinski definition) is 2. The zero-order chi connectivity index (χ0) is 13.5. The molecule has 100 valence electrons. The van der Waals surface area contributed by atoms with E-state index in [-0.39, 0.29) is 5.78 Å². The van der Waals surface area contributed by atoms with Gasteiger partial charge in [0.1, 0.15) is 5.75 Å². The van der Waals surface area contributed by atoms with Gasteiger partial charge >= 0.3 is 0 Å². The zero-order valence-corrected chi connectivity index (χ0v) is 12.1. The Morgan fingerprint density at radius 1 is 1.28 bits per heavy atom. The van der Waals surface area contributed by atoms with Gasteiger partial charge in [-0.15, -0.1) is 11.6 Å². The Bertz CT molecular complexity index is 413. The van der Waals surface area contributed by atoms with E-state index in [4.69, 9.17) is 16.3 Å². The summed E-state index contributed by atoms with van der Waals surface area (Å²) in [6.07, 6.45) is 2.12. The van der Waals surface area contributed by atoms with E-state index in [2.05, 4.69) is 6.92 Å². The molecule has 3 heteroatoms. The molecule has 0 unspecified atom stereocenters. The van der Waals surface area contributed by atoms with Crippen LogP contribution in [0.4, 0.5) is 0 Å². The fourth-order valence-corrected chi connectivity index (χ4v) is 1.83. The van der Waals surface area contributed by atoms with Crippen molar-refractivity contribution in [2.75, 3.05) is 12.5 Å². The van der Waals surface area contributed by atoms with Crippen molar-refractivity contribution in [1.82, 2.24) is 0 Å². The van der Waals surface area contributed by atoms with Gasteiger partial charge < -0.3 is 4.74 Å². The van der Waals surface area contributed by atoms with E-state index in [1.54, 1.807) is 0 Å². The number of ketones is 1. The van der Waals surface area contributed by atoms with Gasteiger partial charge in [0.15, 0.2) is 5.78 Å². The minimum atomic E-state index is 0.116. The van der Waals surface area contributed by atoms with Gasteiger partial charge in [-0.05, 0) is 49.9 Å². The van der Waals surface area contributed by atoms with Gasteiger partial charge in [-0.1, -0.05) is 6.92 Å². The summed E-state index contributed by atoms with van der Waals surface area (Å²) in [5.74, 6) is 1.34. The van der Waals surface area contributed by atoms with E-state index in [0.717, 1.165) is 17.5 Å². The molecule has 0 saturated carbocycles. The van der Waals surface area contributed by atoms with Gasteiger partial charge in [0.25, 0.3) is 0 Å². The lowest BCUT2D eigenvalue weighted by molar-refractivity contribution is 0.0978. The van der Waals surface area contributed by atoms with Gasteiger partial charge in [0, 0.05) is 12.3 Å². The summed E-state index contributed by atoms with van der Waals surface area (Å²) < 4.78 is 5.67. The fourth-order valence-electron chi connectivity index (χ4n) is 1.70. The van der Waals surface area contributed by atoms with Crippen LogP contribution in [-0.2, 0) is 0 Å². The fraction of sp³-hybridized carbons (Fsp3) is 0.533. The Morgan fingerprint density at radius 2 is 1.94 bits per heavy atom. The van der Waals surface area contributed by atoms with Crippen molar-refractivity contribution in [1.29, 1.82) is 0 Å². The first-order valence-electron chi connectivity index (χ1n) is 6.43. The number of carbonyl (C=O) groups excluding carboxylic acids is 1. The molecule has 0 N–H and O–H groups in total. The number of halogens is 1. The van der Waals surface area contributed by atoms with Crippen molar-refractivity contribution < 1.29 is 9.53 Å². The van der Waals surface area contributed by atoms with E-state index in [1.165, 1.54) is 0 Å². The van der Waals surface area contributed by atoms with Crippen LogP contribution in [0.25, 0.3) is 0 Å². The summed E-state index contributed by atoms with van der Waals surface area (Å²) in [5, 5.41) is 0. The Labute approximate surface area is 114 Å². The predicted molar refractivity (Wildman–Crippen MR) is 76.0 cm³/mol. The third-order valence-electron chi connectivity index (χ3n) is 2.90. The summed E-state index contributed by atoms with van der Waals surface area (Å²) in [7, 11) is 0. The molecule has 0 spiro atoms. The van der Waals surface area contributed by atoms with E-state index in [0.29, 0.717) is 36.6 Å². The maximum Gasteiger partial charge on any atom is 0.166 e. The number of aryl methyl sites for hydroxylation is 2. The zero-order valence-electron chi connectivity index (χ0n) is 11.4. The van der Waals surface area contributed by atoms with Crippen LogP contribution in [-0.4, -0.2) is 18.3 Å². The van der Waals surface area contributed by atoms with Gasteiger partial charge in [-0.2, -0.15) is 0 Å². The molecule has 0 aliphatic rings. The second-order valence-corrected chi connectivity index (χ2v) is 4.87. The highest BCUT2D eigenvalue weighted by atomic mass is 35.5. The van der Waals surface area contributed by atoms with Crippen LogP contribution < -0.4 is 4.74 Å². The Morgan fingerprint density at radius 3 is 2.56 bits per heavy atom. The Balaban J connectivity index is 2.98. The first kappa shape index (κ1) is 15.0. The third kappa shape index (κ3) is 4.02. The van der Waals surface area contributed by atoms with Crippen molar-refractivity contribution in [3.8, 4) is 5.75 Å². The van der Waals surface area contributed by atoms with E-state index in [9.17, 15) is 4.79 Å². The van der Waals surface area contributed by atoms with Crippen molar-refractivity contribution in [2.24, 2.45) is 0 Å². The lowest BCUT2D eigenvalue weighted by Crippen LogP contribution is -2.06. The molecule has 0 amide bonds. The number of ether oxygens (including phenoxy) is 1. The summed E-state index contributed by atoms with van der Waals surface area (Å²) in [6.45, 7) is 6.73. The first-order valence-corrected chi connectivity index (χ1v) is 6.96. The summed E-state index contributed by atoms with van der Waals surface area (Å²) in [5.41, 5.74) is 2.96. The minimum absolute atomic E-state index is 0.116. The number of benzene rings is 1. The highest BCUT2D eigenvalue weighted by Gasteiger charge is 2.14. The van der Waals surface area contributed by atoms with Gasteiger partial charge in [0.05, 0.1) is 12.2 Å². The third-order valence-corrected chi connectivity index (χ3v) is 3.16. The van der Waals surface area contributed by atoms with Crippen LogP contribution in [0.5, 0.6) is 5.75 Å². The normalized spacial score (nSPS) is 10.4. The average Bonchev–Trinajstić information content (AvgIpc) is 2.36. The SMILES string of the molecule is CCCOc1cc(C)c(C)cc1C(=O)CCCCl. The maximum absolute atomic E-state index is 12.1. The largest absolute Gasteiger partial charge is 0.493 e. The van der Waals surface area contributed by atoms with Gasteiger partial charge in [0.2, 0.25) is 0 Å². The molecule has 18 heavy (non-hydrogen) atoms. The lowest BCUT2D eigenvalue weighted by atomic mass is 10.00. The molecular formula is C15H21ClO2. The van der Waals surface area contributed by atoms with E-state index >= 15 is 0 Å². The number of alkyl halides is 1. The molecule has 0 heterocycles. The van der Waals surface area contributed by atoms with Crippen molar-refractivity contribution >= 4 is 17.4 Å². The highest BCUT2D eigenvalue weighted by molar-refractivity contribution is 6.18. The van der Waals surface area contributed by atoms with E-state index < -0.39 is 0 Å². The second kappa shape index (κ2) is 7.42. The molecule has 0 fully saturated rings. The van der Waals surface area contributed by atoms with Crippen molar-refractivity contribution in [3.63, 3.8) is 0 Å². The number of hydrogen-bond donors (Lipinski definition) is 0. The van der Waals surface area contributed by atoms with Crippen molar-refractivity contribution in [2.45, 2.75) is 40.0 Å². The summed E-state index contributed by atoms with van der Waals surface area (Å²) in [4.78, 5) is 12.1. The van der Waals surface area contributed by atoms with Crippen LogP contribution in [0.3, 0.4) is 0 Å². The highest BCUT2D eigenvalue weighted by Crippen LogP contribution is 2.25. The lowest BCUT2D eigenvalue weighted by Gasteiger charge is -2.13. The van der Waals surface area contributed by atoms with Crippen LogP contribution in [0.2, 0.25) is 0 Å². The minimum Gasteiger partial charge on any atom is -0.493 e. The van der Waals surface area contributed by atoms with Crippen molar-refractivity contribution in [3.05, 3.63) is 28.8 Å². The molecule has 1 aromatic carbocycles. The smallest absolute Gasteiger partial charge is 0.166 e. The number of Topliss-reactive ketones (excluding diaryl/α,β-unsaturated/α-hetero) is 1. The summed E-state index contributed by atoms with van der Waals surface area (Å²) in [6, 6.07) is 3.88. The number of rotatable bonds is 7. The van der Waals surface area contributed by atoms with Gasteiger partial charge in [-0.3, -0.25) is 4.79 Å². The van der Waals surface area contributed by atoms with E-state index in [1.807, 2.05) is 26.0 Å². The molecular weight excluding hydrogens is 248 g/mol. The molecule has 0 aliphatic heterocycles. The topological polar surface area (TPSA) is 26.3 Å². The molecule has 0 aliphatic carbocycles. The molecule has 0 bridgehead atoms. The first-order chi connectivity index (χ1) is 8.60. The maximum atomic E-state index is 12.1. The van der Waals surface area contributed by atoms with Crippen LogP contribution in [0.15, 0.2) is 12.1 Å². The average molecular weight is 269 g/mol. The van der Waals surface area contributed by atoms with Crippen LogP contribution in [0, 0.1) is 13.8 Å². The summed E-state index contributed by atoms with van der Waals surface area (Å²) >= 11 is 5.63. The van der Waals surface area contributed by atoms with Crippen LogP contribution in [0.1, 0.15) is 47.7 Å². The second-order valence-electron chi connectivity index (χ2n) is 4.50. The van der Waals surface area contributed by atoms with Gasteiger partial charge in [-0.25, -0.2) is 0 Å². The molecule has 0 radical (unpaired) electrons.